The highest BCUT2D eigenvalue weighted by Crippen LogP contribution is 2.27. The van der Waals surface area contributed by atoms with Crippen molar-refractivity contribution < 1.29 is 4.79 Å². The van der Waals surface area contributed by atoms with Gasteiger partial charge in [0.05, 0.1) is 5.92 Å². The van der Waals surface area contributed by atoms with Gasteiger partial charge in [0.25, 0.3) is 0 Å². The quantitative estimate of drug-likeness (QED) is 0.842. The summed E-state index contributed by atoms with van der Waals surface area (Å²) >= 11 is 1.81. The van der Waals surface area contributed by atoms with Gasteiger partial charge in [-0.05, 0) is 49.3 Å². The van der Waals surface area contributed by atoms with E-state index in [0.717, 1.165) is 57.1 Å². The van der Waals surface area contributed by atoms with Crippen LogP contribution >= 0.6 is 11.3 Å². The van der Waals surface area contributed by atoms with Gasteiger partial charge in [-0.15, -0.1) is 11.3 Å². The summed E-state index contributed by atoms with van der Waals surface area (Å²) in [6.45, 7) is 5.26. The second-order valence-electron chi connectivity index (χ2n) is 6.66. The smallest absolute Gasteiger partial charge is 0.227 e. The average Bonchev–Trinajstić information content (AvgIpc) is 3.09. The van der Waals surface area contributed by atoms with E-state index in [4.69, 9.17) is 0 Å². The molecular formula is C18H22N4OS. The number of nitrogens with zero attached hydrogens (tertiary/aromatic N) is 4. The Balaban J connectivity index is 1.45. The van der Waals surface area contributed by atoms with Gasteiger partial charge in [0.15, 0.2) is 0 Å². The number of hydrogen-bond donors (Lipinski definition) is 0. The van der Waals surface area contributed by atoms with Crippen molar-refractivity contribution in [3.63, 3.8) is 0 Å². The van der Waals surface area contributed by atoms with Gasteiger partial charge in [0.2, 0.25) is 11.9 Å². The maximum atomic E-state index is 13.0. The van der Waals surface area contributed by atoms with Gasteiger partial charge in [-0.2, -0.15) is 0 Å². The molecule has 2 aliphatic rings. The van der Waals surface area contributed by atoms with Crippen LogP contribution in [0.1, 0.15) is 29.0 Å². The topological polar surface area (TPSA) is 49.3 Å². The molecule has 1 saturated heterocycles. The van der Waals surface area contributed by atoms with Gasteiger partial charge in [-0.3, -0.25) is 4.79 Å². The molecule has 2 aromatic heterocycles. The highest BCUT2D eigenvalue weighted by molar-refractivity contribution is 7.10. The first-order valence-electron chi connectivity index (χ1n) is 8.59. The summed E-state index contributed by atoms with van der Waals surface area (Å²) < 4.78 is 0. The summed E-state index contributed by atoms with van der Waals surface area (Å²) in [6.07, 6.45) is 4.78. The lowest BCUT2D eigenvalue weighted by Crippen LogP contribution is -2.46. The minimum Gasteiger partial charge on any atom is -0.340 e. The van der Waals surface area contributed by atoms with Crippen LogP contribution in [0.15, 0.2) is 23.7 Å². The number of fused-ring (bicyclic) bond motifs is 1. The molecule has 4 rings (SSSR count). The third kappa shape index (κ3) is 3.02. The SMILES string of the molecule is Cc1ccnc(N2CCCC(C(=O)N3CCc4sccc4C3)C2)n1. The molecule has 1 fully saturated rings. The Morgan fingerprint density at radius 3 is 3.12 bits per heavy atom. The molecule has 2 aromatic rings. The van der Waals surface area contributed by atoms with E-state index in [2.05, 4.69) is 26.3 Å². The fourth-order valence-corrected chi connectivity index (χ4v) is 4.53. The first-order valence-corrected chi connectivity index (χ1v) is 9.47. The molecule has 2 aliphatic heterocycles. The number of hydrogen-bond acceptors (Lipinski definition) is 5. The summed E-state index contributed by atoms with van der Waals surface area (Å²) in [5.41, 5.74) is 2.30. The maximum absolute atomic E-state index is 13.0. The number of carbonyl (C=O) groups is 1. The zero-order valence-corrected chi connectivity index (χ0v) is 14.8. The Kier molecular flexibility index (Phi) is 4.22. The first kappa shape index (κ1) is 15.6. The molecule has 0 aromatic carbocycles. The van der Waals surface area contributed by atoms with Crippen LogP contribution in [0.5, 0.6) is 0 Å². The number of anilines is 1. The second kappa shape index (κ2) is 6.51. The lowest BCUT2D eigenvalue weighted by Gasteiger charge is -2.36. The Hall–Kier alpha value is -1.95. The Morgan fingerprint density at radius 1 is 1.33 bits per heavy atom. The van der Waals surface area contributed by atoms with Gasteiger partial charge >= 0.3 is 0 Å². The van der Waals surface area contributed by atoms with Crippen molar-refractivity contribution in [1.29, 1.82) is 0 Å². The molecule has 0 saturated carbocycles. The lowest BCUT2D eigenvalue weighted by atomic mass is 9.95. The van der Waals surface area contributed by atoms with Crippen LogP contribution in [0.3, 0.4) is 0 Å². The summed E-state index contributed by atoms with van der Waals surface area (Å²) in [4.78, 5) is 27.5. The molecule has 0 radical (unpaired) electrons. The minimum absolute atomic E-state index is 0.0584. The molecule has 0 spiro atoms. The largest absolute Gasteiger partial charge is 0.340 e. The number of aryl methyl sites for hydroxylation is 1. The predicted molar refractivity (Wildman–Crippen MR) is 95.1 cm³/mol. The molecule has 1 atom stereocenters. The van der Waals surface area contributed by atoms with E-state index in [9.17, 15) is 4.79 Å². The first-order chi connectivity index (χ1) is 11.7. The standard InChI is InChI=1S/C18H22N4OS/c1-13-4-7-19-18(20-13)22-8-2-3-15(12-22)17(23)21-9-5-16-14(11-21)6-10-24-16/h4,6-7,10,15H,2-3,5,8-9,11-12H2,1H3. The van der Waals surface area contributed by atoms with Crippen molar-refractivity contribution in [2.75, 3.05) is 24.5 Å². The molecule has 0 aliphatic carbocycles. The van der Waals surface area contributed by atoms with E-state index >= 15 is 0 Å². The highest BCUT2D eigenvalue weighted by atomic mass is 32.1. The van der Waals surface area contributed by atoms with Crippen LogP contribution in [0.2, 0.25) is 0 Å². The summed E-state index contributed by atoms with van der Waals surface area (Å²) in [5, 5.41) is 2.13. The molecule has 0 bridgehead atoms. The van der Waals surface area contributed by atoms with E-state index in [0.29, 0.717) is 5.91 Å². The van der Waals surface area contributed by atoms with Crippen molar-refractivity contribution in [2.24, 2.45) is 5.92 Å². The lowest BCUT2D eigenvalue weighted by molar-refractivity contribution is -0.136. The Morgan fingerprint density at radius 2 is 2.25 bits per heavy atom. The number of aromatic nitrogens is 2. The molecule has 0 N–H and O–H groups in total. The van der Waals surface area contributed by atoms with E-state index in [1.165, 1.54) is 10.4 Å². The predicted octanol–water partition coefficient (Wildman–Crippen LogP) is 2.65. The molecule has 6 heteroatoms. The second-order valence-corrected chi connectivity index (χ2v) is 7.66. The Labute approximate surface area is 146 Å². The zero-order valence-electron chi connectivity index (χ0n) is 13.9. The van der Waals surface area contributed by atoms with Crippen LogP contribution in [0.25, 0.3) is 0 Å². The van der Waals surface area contributed by atoms with Gasteiger partial charge < -0.3 is 9.80 Å². The summed E-state index contributed by atoms with van der Waals surface area (Å²) in [5.74, 6) is 1.11. The van der Waals surface area contributed by atoms with E-state index in [1.54, 1.807) is 6.20 Å². The minimum atomic E-state index is 0.0584. The van der Waals surface area contributed by atoms with Crippen molar-refractivity contribution in [3.05, 3.63) is 39.8 Å². The molecular weight excluding hydrogens is 320 g/mol. The number of carbonyl (C=O) groups excluding carboxylic acids is 1. The highest BCUT2D eigenvalue weighted by Gasteiger charge is 2.32. The monoisotopic (exact) mass is 342 g/mol. The van der Waals surface area contributed by atoms with Crippen LogP contribution in [0, 0.1) is 12.8 Å². The third-order valence-corrected chi connectivity index (χ3v) is 5.98. The normalized spacial score (nSPS) is 20.8. The van der Waals surface area contributed by atoms with Gasteiger partial charge in [-0.1, -0.05) is 0 Å². The molecule has 24 heavy (non-hydrogen) atoms. The van der Waals surface area contributed by atoms with Crippen molar-refractivity contribution in [1.82, 2.24) is 14.9 Å². The number of amides is 1. The van der Waals surface area contributed by atoms with Crippen LogP contribution < -0.4 is 4.90 Å². The fraction of sp³-hybridized carbons (Fsp3) is 0.500. The van der Waals surface area contributed by atoms with Crippen LogP contribution in [0.4, 0.5) is 5.95 Å². The van der Waals surface area contributed by atoms with Gasteiger partial charge in [-0.25, -0.2) is 9.97 Å². The average molecular weight is 342 g/mol. The van der Waals surface area contributed by atoms with Gasteiger partial charge in [0, 0.05) is 42.9 Å². The fourth-order valence-electron chi connectivity index (χ4n) is 3.64. The molecule has 126 valence electrons. The third-order valence-electron chi connectivity index (χ3n) is 4.95. The van der Waals surface area contributed by atoms with Crippen molar-refractivity contribution in [3.8, 4) is 0 Å². The molecule has 4 heterocycles. The molecule has 1 amide bonds. The van der Waals surface area contributed by atoms with E-state index in [1.807, 2.05) is 29.2 Å². The molecule has 5 nitrogen and oxygen atoms in total. The van der Waals surface area contributed by atoms with Crippen molar-refractivity contribution in [2.45, 2.75) is 32.7 Å². The number of piperidine rings is 1. The van der Waals surface area contributed by atoms with E-state index in [-0.39, 0.29) is 5.92 Å². The summed E-state index contributed by atoms with van der Waals surface area (Å²) in [7, 11) is 0. The zero-order chi connectivity index (χ0) is 16.5. The maximum Gasteiger partial charge on any atom is 0.227 e. The number of thiophene rings is 1. The molecule has 1 unspecified atom stereocenters. The number of rotatable bonds is 2. The van der Waals surface area contributed by atoms with Crippen LogP contribution in [-0.4, -0.2) is 40.4 Å². The van der Waals surface area contributed by atoms with E-state index < -0.39 is 0 Å². The van der Waals surface area contributed by atoms with Crippen LogP contribution in [-0.2, 0) is 17.8 Å². The Bertz CT molecular complexity index is 744. The van der Waals surface area contributed by atoms with Crippen molar-refractivity contribution >= 4 is 23.2 Å². The summed E-state index contributed by atoms with van der Waals surface area (Å²) in [6, 6.07) is 4.06. The van der Waals surface area contributed by atoms with Gasteiger partial charge in [0.1, 0.15) is 0 Å².